The summed E-state index contributed by atoms with van der Waals surface area (Å²) in [7, 11) is -3.43. The minimum Gasteiger partial charge on any atom is -0.381 e. The molecule has 9 heteroatoms. The summed E-state index contributed by atoms with van der Waals surface area (Å²) in [6.45, 7) is 3.39. The highest BCUT2D eigenvalue weighted by Gasteiger charge is 2.18. The number of carbonyl (C=O) groups is 1. The van der Waals surface area contributed by atoms with Crippen LogP contribution in [0.15, 0.2) is 65.7 Å². The van der Waals surface area contributed by atoms with Crippen molar-refractivity contribution < 1.29 is 17.9 Å². The first-order chi connectivity index (χ1) is 17.8. The molecular weight excluding hydrogens is 488 g/mol. The number of sulfone groups is 1. The molecule has 190 valence electrons. The zero-order valence-corrected chi connectivity index (χ0v) is 21.6. The van der Waals surface area contributed by atoms with Crippen LogP contribution in [0.2, 0.25) is 0 Å². The molecule has 0 aliphatic carbocycles. The van der Waals surface area contributed by atoms with Crippen LogP contribution in [0.1, 0.15) is 46.1 Å². The Hall–Kier alpha value is -3.69. The lowest BCUT2D eigenvalue weighted by atomic mass is 9.97. The number of hydrogen-bond donors (Lipinski definition) is 1. The van der Waals surface area contributed by atoms with E-state index in [1.165, 1.54) is 6.07 Å². The van der Waals surface area contributed by atoms with Crippen molar-refractivity contribution in [2.75, 3.05) is 19.5 Å². The first-order valence-corrected chi connectivity index (χ1v) is 14.1. The number of benzene rings is 1. The van der Waals surface area contributed by atoms with Gasteiger partial charge in [0.15, 0.2) is 9.84 Å². The molecule has 1 amide bonds. The van der Waals surface area contributed by atoms with Gasteiger partial charge in [0, 0.05) is 41.6 Å². The average molecular weight is 517 g/mol. The van der Waals surface area contributed by atoms with Crippen LogP contribution in [0.25, 0.3) is 22.3 Å². The third-order valence-corrected chi connectivity index (χ3v) is 7.76. The van der Waals surface area contributed by atoms with E-state index in [-0.39, 0.29) is 22.9 Å². The Labute approximate surface area is 216 Å². The van der Waals surface area contributed by atoms with Gasteiger partial charge in [-0.1, -0.05) is 12.1 Å². The van der Waals surface area contributed by atoms with Gasteiger partial charge < -0.3 is 10.1 Å². The molecule has 1 aliphatic rings. The Balaban J connectivity index is 1.34. The van der Waals surface area contributed by atoms with Crippen LogP contribution >= 0.6 is 0 Å². The summed E-state index contributed by atoms with van der Waals surface area (Å²) in [6, 6.07) is 16.4. The van der Waals surface area contributed by atoms with E-state index in [1.54, 1.807) is 25.3 Å². The molecule has 1 aromatic carbocycles. The van der Waals surface area contributed by atoms with Gasteiger partial charge in [-0.3, -0.25) is 14.8 Å². The van der Waals surface area contributed by atoms with Gasteiger partial charge in [-0.2, -0.15) is 0 Å². The number of nitrogens with one attached hydrogen (secondary N) is 1. The number of hydrogen-bond acceptors (Lipinski definition) is 7. The van der Waals surface area contributed by atoms with E-state index < -0.39 is 9.84 Å². The van der Waals surface area contributed by atoms with Crippen LogP contribution < -0.4 is 5.32 Å². The molecule has 1 aliphatic heterocycles. The van der Waals surface area contributed by atoms with Crippen molar-refractivity contribution in [3.8, 4) is 11.4 Å². The maximum absolute atomic E-state index is 12.7. The normalized spacial score (nSPS) is 16.0. The predicted molar refractivity (Wildman–Crippen MR) is 141 cm³/mol. The molecule has 3 aromatic heterocycles. The van der Waals surface area contributed by atoms with Crippen molar-refractivity contribution in [1.82, 2.24) is 20.3 Å². The molecule has 0 radical (unpaired) electrons. The molecule has 4 heterocycles. The summed E-state index contributed by atoms with van der Waals surface area (Å²) in [6.07, 6.45) is 4.97. The van der Waals surface area contributed by atoms with Crippen molar-refractivity contribution >= 4 is 26.6 Å². The van der Waals surface area contributed by atoms with Gasteiger partial charge in [0.25, 0.3) is 5.91 Å². The topological polar surface area (TPSA) is 111 Å². The number of amides is 1. The monoisotopic (exact) mass is 516 g/mol. The standard InChI is InChI=1S/C28H28N4O4S/c1-18-8-9-19(13-27(18)37(2,34)35)28(33)30-16-22-14-26-20(15-29-22)10-11-25(32-26)24-7-3-6-23(31-24)21-5-4-12-36-17-21/h3,6-11,13-15,21H,4-5,12,16-17H2,1-2H3,(H,30,33). The fraction of sp³-hybridized carbons (Fsp3) is 0.286. The van der Waals surface area contributed by atoms with E-state index in [0.29, 0.717) is 23.8 Å². The van der Waals surface area contributed by atoms with Gasteiger partial charge in [-0.25, -0.2) is 13.4 Å². The number of carbonyl (C=O) groups excluding carboxylic acids is 1. The zero-order chi connectivity index (χ0) is 26.0. The second-order valence-corrected chi connectivity index (χ2v) is 11.3. The number of aromatic nitrogens is 3. The van der Waals surface area contributed by atoms with Gasteiger partial charge in [-0.05, 0) is 67.8 Å². The Morgan fingerprint density at radius 2 is 1.92 bits per heavy atom. The molecule has 8 nitrogen and oxygen atoms in total. The minimum absolute atomic E-state index is 0.148. The third-order valence-electron chi connectivity index (χ3n) is 6.52. The Kier molecular flexibility index (Phi) is 6.99. The van der Waals surface area contributed by atoms with Crippen molar-refractivity contribution in [3.05, 3.63) is 83.3 Å². The Morgan fingerprint density at radius 1 is 1.08 bits per heavy atom. The number of ether oxygens (including phenoxy) is 1. The van der Waals surface area contributed by atoms with Crippen molar-refractivity contribution in [2.24, 2.45) is 0 Å². The van der Waals surface area contributed by atoms with Gasteiger partial charge in [0.05, 0.1) is 40.6 Å². The van der Waals surface area contributed by atoms with E-state index in [2.05, 4.69) is 10.3 Å². The Bertz CT molecular complexity index is 1580. The van der Waals surface area contributed by atoms with E-state index in [4.69, 9.17) is 14.7 Å². The van der Waals surface area contributed by atoms with Crippen LogP contribution in [-0.2, 0) is 21.1 Å². The number of rotatable bonds is 6. The maximum Gasteiger partial charge on any atom is 0.251 e. The van der Waals surface area contributed by atoms with Crippen LogP contribution in [0.5, 0.6) is 0 Å². The number of aryl methyl sites for hydroxylation is 1. The fourth-order valence-corrected chi connectivity index (χ4v) is 5.50. The van der Waals surface area contributed by atoms with E-state index in [1.807, 2.05) is 36.4 Å². The highest BCUT2D eigenvalue weighted by atomic mass is 32.2. The maximum atomic E-state index is 12.7. The van der Waals surface area contributed by atoms with Crippen molar-refractivity contribution in [2.45, 2.75) is 37.1 Å². The molecule has 37 heavy (non-hydrogen) atoms. The second kappa shape index (κ2) is 10.4. The lowest BCUT2D eigenvalue weighted by molar-refractivity contribution is 0.0793. The van der Waals surface area contributed by atoms with Gasteiger partial charge in [0.1, 0.15) is 0 Å². The first-order valence-electron chi connectivity index (χ1n) is 12.2. The SMILES string of the molecule is Cc1ccc(C(=O)NCc2cc3nc(-c4cccc(C5CCCOC5)n4)ccc3cn2)cc1S(C)(=O)=O. The second-order valence-electron chi connectivity index (χ2n) is 9.36. The lowest BCUT2D eigenvalue weighted by Crippen LogP contribution is -2.23. The minimum atomic E-state index is -3.43. The van der Waals surface area contributed by atoms with Crippen LogP contribution in [0.3, 0.4) is 0 Å². The van der Waals surface area contributed by atoms with Crippen LogP contribution in [-0.4, -0.2) is 48.7 Å². The summed E-state index contributed by atoms with van der Waals surface area (Å²) in [5.41, 5.74) is 4.86. The number of pyridine rings is 3. The van der Waals surface area contributed by atoms with E-state index in [9.17, 15) is 13.2 Å². The molecule has 0 spiro atoms. The molecule has 0 bridgehead atoms. The first kappa shape index (κ1) is 25.0. The van der Waals surface area contributed by atoms with Crippen molar-refractivity contribution in [1.29, 1.82) is 0 Å². The summed E-state index contributed by atoms with van der Waals surface area (Å²) >= 11 is 0. The fourth-order valence-electron chi connectivity index (χ4n) is 4.51. The zero-order valence-electron chi connectivity index (χ0n) is 20.8. The predicted octanol–water partition coefficient (Wildman–Crippen LogP) is 4.23. The highest BCUT2D eigenvalue weighted by Crippen LogP contribution is 2.26. The van der Waals surface area contributed by atoms with Crippen molar-refractivity contribution in [3.63, 3.8) is 0 Å². The molecule has 1 unspecified atom stereocenters. The van der Waals surface area contributed by atoms with E-state index in [0.717, 1.165) is 53.7 Å². The van der Waals surface area contributed by atoms with Gasteiger partial charge in [0.2, 0.25) is 0 Å². The quantitative estimate of drug-likeness (QED) is 0.408. The molecule has 1 saturated heterocycles. The molecule has 5 rings (SSSR count). The smallest absolute Gasteiger partial charge is 0.251 e. The number of nitrogens with zero attached hydrogens (tertiary/aromatic N) is 3. The average Bonchev–Trinajstić information content (AvgIpc) is 2.91. The third kappa shape index (κ3) is 5.68. The summed E-state index contributed by atoms with van der Waals surface area (Å²) in [4.78, 5) is 27.0. The molecule has 1 N–H and O–H groups in total. The summed E-state index contributed by atoms with van der Waals surface area (Å²) in [5.74, 6) is -0.0724. The van der Waals surface area contributed by atoms with Gasteiger partial charge >= 0.3 is 0 Å². The highest BCUT2D eigenvalue weighted by molar-refractivity contribution is 7.90. The van der Waals surface area contributed by atoms with E-state index >= 15 is 0 Å². The Morgan fingerprint density at radius 3 is 2.70 bits per heavy atom. The molecule has 1 fully saturated rings. The van der Waals surface area contributed by atoms with Crippen LogP contribution in [0.4, 0.5) is 0 Å². The van der Waals surface area contributed by atoms with Gasteiger partial charge in [-0.15, -0.1) is 0 Å². The number of fused-ring (bicyclic) bond motifs is 1. The molecule has 0 saturated carbocycles. The molecular formula is C28H28N4O4S. The molecule has 4 aromatic rings. The lowest BCUT2D eigenvalue weighted by Gasteiger charge is -2.21. The summed E-state index contributed by atoms with van der Waals surface area (Å²) in [5, 5.41) is 3.70. The summed E-state index contributed by atoms with van der Waals surface area (Å²) < 4.78 is 29.6. The largest absolute Gasteiger partial charge is 0.381 e. The van der Waals surface area contributed by atoms with Crippen LogP contribution in [0, 0.1) is 6.92 Å². The molecule has 1 atom stereocenters.